The molecule has 4 heteroatoms. The highest BCUT2D eigenvalue weighted by molar-refractivity contribution is 9.10. The summed E-state index contributed by atoms with van der Waals surface area (Å²) < 4.78 is 6.22. The van der Waals surface area contributed by atoms with Crippen LogP contribution >= 0.6 is 15.9 Å². The van der Waals surface area contributed by atoms with Gasteiger partial charge in [-0.1, -0.05) is 0 Å². The molecule has 1 heterocycles. The Balaban J connectivity index is 2.63. The molecule has 0 bridgehead atoms. The number of pyridine rings is 1. The molecular formula is C11H11BrN2O. The SMILES string of the molecule is CCOc1ccc2ncc(Br)c(N)c2c1. The van der Waals surface area contributed by atoms with E-state index in [1.165, 1.54) is 0 Å². The fraction of sp³-hybridized carbons (Fsp3) is 0.182. The Morgan fingerprint density at radius 1 is 1.47 bits per heavy atom. The van der Waals surface area contributed by atoms with Gasteiger partial charge in [-0.2, -0.15) is 0 Å². The van der Waals surface area contributed by atoms with Gasteiger partial charge in [0.15, 0.2) is 0 Å². The quantitative estimate of drug-likeness (QED) is 0.909. The van der Waals surface area contributed by atoms with Crippen LogP contribution in [0.15, 0.2) is 28.9 Å². The predicted octanol–water partition coefficient (Wildman–Crippen LogP) is 2.98. The van der Waals surface area contributed by atoms with Crippen LogP contribution in [0, 0.1) is 0 Å². The van der Waals surface area contributed by atoms with Gasteiger partial charge in [0, 0.05) is 11.6 Å². The van der Waals surface area contributed by atoms with Crippen LogP contribution in [0.4, 0.5) is 5.69 Å². The van der Waals surface area contributed by atoms with E-state index < -0.39 is 0 Å². The molecule has 0 aliphatic carbocycles. The first-order valence-electron chi connectivity index (χ1n) is 4.69. The molecule has 1 aromatic heterocycles. The molecule has 15 heavy (non-hydrogen) atoms. The zero-order valence-corrected chi connectivity index (χ0v) is 9.91. The fourth-order valence-electron chi connectivity index (χ4n) is 1.42. The maximum Gasteiger partial charge on any atom is 0.120 e. The largest absolute Gasteiger partial charge is 0.494 e. The molecule has 0 amide bonds. The lowest BCUT2D eigenvalue weighted by Gasteiger charge is -2.07. The summed E-state index contributed by atoms with van der Waals surface area (Å²) in [5.74, 6) is 0.816. The van der Waals surface area contributed by atoms with Gasteiger partial charge in [-0.05, 0) is 41.1 Å². The molecule has 0 saturated heterocycles. The van der Waals surface area contributed by atoms with Crippen molar-refractivity contribution in [1.29, 1.82) is 0 Å². The number of aromatic nitrogens is 1. The van der Waals surface area contributed by atoms with Crippen molar-refractivity contribution in [2.24, 2.45) is 0 Å². The second kappa shape index (κ2) is 4.06. The Bertz CT molecular complexity index is 499. The van der Waals surface area contributed by atoms with Crippen LogP contribution in [0.2, 0.25) is 0 Å². The van der Waals surface area contributed by atoms with Crippen LogP contribution in [-0.4, -0.2) is 11.6 Å². The van der Waals surface area contributed by atoms with Crippen molar-refractivity contribution in [3.63, 3.8) is 0 Å². The number of fused-ring (bicyclic) bond motifs is 1. The normalized spacial score (nSPS) is 10.5. The number of hydrogen-bond donors (Lipinski definition) is 1. The Hall–Kier alpha value is -1.29. The van der Waals surface area contributed by atoms with Crippen molar-refractivity contribution in [3.05, 3.63) is 28.9 Å². The standard InChI is InChI=1S/C11H11BrN2O/c1-2-15-7-3-4-10-8(5-7)11(13)9(12)6-14-10/h3-6H,2H2,1H3,(H2,13,14). The number of nitrogens with zero attached hydrogens (tertiary/aromatic N) is 1. The van der Waals surface area contributed by atoms with Crippen molar-refractivity contribution in [3.8, 4) is 5.75 Å². The number of benzene rings is 1. The van der Waals surface area contributed by atoms with Gasteiger partial charge < -0.3 is 10.5 Å². The highest BCUT2D eigenvalue weighted by atomic mass is 79.9. The number of hydrogen-bond acceptors (Lipinski definition) is 3. The summed E-state index contributed by atoms with van der Waals surface area (Å²) in [5.41, 5.74) is 7.51. The first-order chi connectivity index (χ1) is 7.22. The number of nitrogens with two attached hydrogens (primary N) is 1. The molecule has 0 atom stereocenters. The van der Waals surface area contributed by atoms with E-state index in [4.69, 9.17) is 10.5 Å². The molecule has 78 valence electrons. The molecule has 3 nitrogen and oxygen atoms in total. The van der Waals surface area contributed by atoms with E-state index in [2.05, 4.69) is 20.9 Å². The second-order valence-corrected chi connectivity index (χ2v) is 3.99. The Kier molecular flexibility index (Phi) is 2.77. The van der Waals surface area contributed by atoms with Crippen LogP contribution in [0.1, 0.15) is 6.92 Å². The van der Waals surface area contributed by atoms with Gasteiger partial charge in [-0.15, -0.1) is 0 Å². The third-order valence-electron chi connectivity index (χ3n) is 2.14. The summed E-state index contributed by atoms with van der Waals surface area (Å²) in [5, 5.41) is 0.912. The van der Waals surface area contributed by atoms with Crippen LogP contribution < -0.4 is 10.5 Å². The number of rotatable bonds is 2. The zero-order valence-electron chi connectivity index (χ0n) is 8.33. The third kappa shape index (κ3) is 1.90. The molecule has 1 aromatic carbocycles. The lowest BCUT2D eigenvalue weighted by molar-refractivity contribution is 0.340. The topological polar surface area (TPSA) is 48.1 Å². The number of anilines is 1. The minimum absolute atomic E-state index is 0.646. The van der Waals surface area contributed by atoms with Crippen LogP contribution in [0.25, 0.3) is 10.9 Å². The smallest absolute Gasteiger partial charge is 0.120 e. The Labute approximate surface area is 96.4 Å². The molecule has 2 rings (SSSR count). The van der Waals surface area contributed by atoms with Gasteiger partial charge in [-0.25, -0.2) is 0 Å². The predicted molar refractivity (Wildman–Crippen MR) is 65.0 cm³/mol. The average Bonchev–Trinajstić information content (AvgIpc) is 2.25. The van der Waals surface area contributed by atoms with E-state index in [-0.39, 0.29) is 0 Å². The van der Waals surface area contributed by atoms with E-state index in [0.29, 0.717) is 12.3 Å². The minimum Gasteiger partial charge on any atom is -0.494 e. The van der Waals surface area contributed by atoms with E-state index in [1.807, 2.05) is 25.1 Å². The molecule has 0 fully saturated rings. The van der Waals surface area contributed by atoms with Gasteiger partial charge in [-0.3, -0.25) is 4.98 Å². The molecule has 0 aliphatic heterocycles. The molecule has 0 aliphatic rings. The van der Waals surface area contributed by atoms with Crippen molar-refractivity contribution in [2.75, 3.05) is 12.3 Å². The van der Waals surface area contributed by atoms with Crippen molar-refractivity contribution in [2.45, 2.75) is 6.92 Å². The lowest BCUT2D eigenvalue weighted by Crippen LogP contribution is -1.94. The molecular weight excluding hydrogens is 256 g/mol. The van der Waals surface area contributed by atoms with Crippen molar-refractivity contribution >= 4 is 32.5 Å². The minimum atomic E-state index is 0.646. The summed E-state index contributed by atoms with van der Waals surface area (Å²) >= 11 is 3.35. The molecule has 0 radical (unpaired) electrons. The summed E-state index contributed by atoms with van der Waals surface area (Å²) in [4.78, 5) is 4.26. The van der Waals surface area contributed by atoms with Crippen LogP contribution in [0.3, 0.4) is 0 Å². The van der Waals surface area contributed by atoms with Gasteiger partial charge in [0.2, 0.25) is 0 Å². The summed E-state index contributed by atoms with van der Waals surface area (Å²) in [6, 6.07) is 5.71. The third-order valence-corrected chi connectivity index (χ3v) is 2.78. The molecule has 2 aromatic rings. The monoisotopic (exact) mass is 266 g/mol. The van der Waals surface area contributed by atoms with E-state index in [1.54, 1.807) is 6.20 Å². The summed E-state index contributed by atoms with van der Waals surface area (Å²) in [7, 11) is 0. The molecule has 2 N–H and O–H groups in total. The molecule has 0 spiro atoms. The van der Waals surface area contributed by atoms with Gasteiger partial charge >= 0.3 is 0 Å². The maximum absolute atomic E-state index is 5.94. The van der Waals surface area contributed by atoms with E-state index in [0.717, 1.165) is 21.1 Å². The van der Waals surface area contributed by atoms with Gasteiger partial charge in [0.1, 0.15) is 5.75 Å². The van der Waals surface area contributed by atoms with E-state index >= 15 is 0 Å². The Morgan fingerprint density at radius 3 is 3.00 bits per heavy atom. The maximum atomic E-state index is 5.94. The van der Waals surface area contributed by atoms with Gasteiger partial charge in [0.05, 0.1) is 22.3 Å². The van der Waals surface area contributed by atoms with Crippen LogP contribution in [-0.2, 0) is 0 Å². The van der Waals surface area contributed by atoms with Gasteiger partial charge in [0.25, 0.3) is 0 Å². The number of nitrogen functional groups attached to an aromatic ring is 1. The first-order valence-corrected chi connectivity index (χ1v) is 5.48. The van der Waals surface area contributed by atoms with Crippen molar-refractivity contribution < 1.29 is 4.74 Å². The highest BCUT2D eigenvalue weighted by Gasteiger charge is 2.04. The van der Waals surface area contributed by atoms with E-state index in [9.17, 15) is 0 Å². The number of halogens is 1. The summed E-state index contributed by atoms with van der Waals surface area (Å²) in [6.45, 7) is 2.60. The fourth-order valence-corrected chi connectivity index (χ4v) is 1.74. The van der Waals surface area contributed by atoms with Crippen molar-refractivity contribution in [1.82, 2.24) is 4.98 Å². The molecule has 0 unspecified atom stereocenters. The zero-order chi connectivity index (χ0) is 10.8. The Morgan fingerprint density at radius 2 is 2.27 bits per heavy atom. The van der Waals surface area contributed by atoms with Crippen LogP contribution in [0.5, 0.6) is 5.75 Å². The average molecular weight is 267 g/mol. The highest BCUT2D eigenvalue weighted by Crippen LogP contribution is 2.29. The molecule has 0 saturated carbocycles. The second-order valence-electron chi connectivity index (χ2n) is 3.13. The number of ether oxygens (including phenoxy) is 1. The first kappa shape index (κ1) is 10.2. The lowest BCUT2D eigenvalue weighted by atomic mass is 10.2. The summed E-state index contributed by atoms with van der Waals surface area (Å²) in [6.07, 6.45) is 1.71.